The van der Waals surface area contributed by atoms with Gasteiger partial charge in [0.2, 0.25) is 0 Å². The summed E-state index contributed by atoms with van der Waals surface area (Å²) in [6.45, 7) is 39.3. The van der Waals surface area contributed by atoms with Crippen molar-refractivity contribution in [3.8, 4) is 0 Å². The molecule has 0 amide bonds. The van der Waals surface area contributed by atoms with Crippen molar-refractivity contribution in [2.45, 2.75) is 263 Å². The van der Waals surface area contributed by atoms with Gasteiger partial charge in [0.15, 0.2) is 0 Å². The van der Waals surface area contributed by atoms with E-state index in [1.54, 1.807) is 0 Å². The van der Waals surface area contributed by atoms with Crippen LogP contribution in [0.15, 0.2) is 84.5 Å². The highest BCUT2D eigenvalue weighted by atomic mass is 14.6. The Labute approximate surface area is 441 Å². The maximum Gasteiger partial charge on any atom is 0.0488 e. The molecule has 2 aromatic carbocycles. The van der Waals surface area contributed by atoms with Gasteiger partial charge in [-0.2, -0.15) is 0 Å². The van der Waals surface area contributed by atoms with E-state index in [0.717, 1.165) is 48.1 Å². The first kappa shape index (κ1) is 63.3. The van der Waals surface area contributed by atoms with Crippen molar-refractivity contribution < 1.29 is 0 Å². The van der Waals surface area contributed by atoms with Crippen molar-refractivity contribution in [1.29, 1.82) is 0 Å². The van der Waals surface area contributed by atoms with Crippen molar-refractivity contribution in [1.82, 2.24) is 0 Å². The second-order valence-corrected chi connectivity index (χ2v) is 24.4. The van der Waals surface area contributed by atoms with Gasteiger partial charge in [0.1, 0.15) is 0 Å². The summed E-state index contributed by atoms with van der Waals surface area (Å²) in [5, 5.41) is 0. The van der Waals surface area contributed by atoms with Crippen LogP contribution in [0.1, 0.15) is 291 Å². The van der Waals surface area contributed by atoms with E-state index in [1.165, 1.54) is 167 Å². The summed E-state index contributed by atoms with van der Waals surface area (Å²) in [5.74, 6) is 0. The van der Waals surface area contributed by atoms with E-state index < -0.39 is 0 Å². The molecule has 2 heteroatoms. The first-order valence-electron chi connectivity index (χ1n) is 29.3. The molecule has 0 aromatic heterocycles. The zero-order chi connectivity index (χ0) is 53.1. The fraction of sp³-hybridized carbons (Fsp3) is 0.623. The number of allylic oxidation sites excluding steroid dienone is 10. The number of hydrogen-bond acceptors (Lipinski definition) is 2. The summed E-state index contributed by atoms with van der Waals surface area (Å²) in [7, 11) is 0. The third-order valence-electron chi connectivity index (χ3n) is 15.9. The topological polar surface area (TPSA) is 52.0 Å². The summed E-state index contributed by atoms with van der Waals surface area (Å²) in [6, 6.07) is 11.6. The van der Waals surface area contributed by atoms with Crippen molar-refractivity contribution in [2.24, 2.45) is 22.0 Å². The second kappa shape index (κ2) is 32.4. The second-order valence-electron chi connectivity index (χ2n) is 24.4. The Bertz CT molecular complexity index is 2040. The zero-order valence-electron chi connectivity index (χ0n) is 49.3. The van der Waals surface area contributed by atoms with E-state index >= 15 is 0 Å². The smallest absolute Gasteiger partial charge is 0.0488 e. The van der Waals surface area contributed by atoms with E-state index in [9.17, 15) is 0 Å². The first-order chi connectivity index (χ1) is 33.7. The maximum atomic E-state index is 7.30. The van der Waals surface area contributed by atoms with Gasteiger partial charge in [0, 0.05) is 22.5 Å². The molecule has 0 saturated heterocycles. The fourth-order valence-corrected chi connectivity index (χ4v) is 9.83. The largest absolute Gasteiger partial charge is 0.398 e. The van der Waals surface area contributed by atoms with Gasteiger partial charge >= 0.3 is 0 Å². The van der Waals surface area contributed by atoms with E-state index in [4.69, 9.17) is 18.0 Å². The average Bonchev–Trinajstić information content (AvgIpc) is 3.37. The Morgan fingerprint density at radius 2 is 1.21 bits per heavy atom. The van der Waals surface area contributed by atoms with Gasteiger partial charge in [0.05, 0.1) is 0 Å². The van der Waals surface area contributed by atoms with Crippen LogP contribution in [-0.4, -0.2) is 0 Å². The van der Waals surface area contributed by atoms with Crippen molar-refractivity contribution in [3.05, 3.63) is 118 Å². The molecule has 0 bridgehead atoms. The van der Waals surface area contributed by atoms with Crippen molar-refractivity contribution >= 4 is 34.7 Å². The summed E-state index contributed by atoms with van der Waals surface area (Å²) in [5.41, 5.74) is 28.8. The lowest BCUT2D eigenvalue weighted by molar-refractivity contribution is 0.136. The van der Waals surface area contributed by atoms with Crippen LogP contribution in [0.3, 0.4) is 0 Å². The molecule has 0 radical (unpaired) electrons. The van der Waals surface area contributed by atoms with Gasteiger partial charge in [-0.1, -0.05) is 285 Å². The van der Waals surface area contributed by atoms with E-state index in [1.807, 2.05) is 0 Å². The van der Waals surface area contributed by atoms with Crippen LogP contribution in [0.4, 0.5) is 5.69 Å². The molecule has 0 saturated carbocycles. The lowest BCUT2D eigenvalue weighted by Gasteiger charge is -2.38. The van der Waals surface area contributed by atoms with Crippen molar-refractivity contribution in [3.63, 3.8) is 0 Å². The lowest BCUT2D eigenvalue weighted by Crippen LogP contribution is -2.28. The number of fused-ring (bicyclic) bond motifs is 1. The van der Waals surface area contributed by atoms with Crippen LogP contribution >= 0.6 is 0 Å². The van der Waals surface area contributed by atoms with Crippen LogP contribution in [-0.2, 0) is 5.41 Å². The number of unbranched alkanes of at least 4 members (excludes halogenated alkanes) is 13. The van der Waals surface area contributed by atoms with Gasteiger partial charge < -0.3 is 11.5 Å². The molecule has 0 fully saturated rings. The molecule has 0 aliphatic heterocycles. The molecule has 3 rings (SSSR count). The standard InChI is InChI=1S/C66H104N2.C3H8/c1-15-19-23-25-27-30-45-66(46-31-28-26-24-20-16-2)48-44-55(63(7,8)9)39-37-51(5)57-40-38-54(50-60(57)66)35-32-36-61(67)58-42-41-56(52(6)43-47-65(13,14)64(10,11)12)59(62(58)68)49-53(33-22-18-4)34-29-21-17-3;1-3-2/h32,35-44,49-50H,5,15-31,33-34,45-48,67-68H2,1-4,6-14H3;3H2,1-2H3/b35-32+,39-37-,52-43+,53-49-,55-44+,61-36-;. The van der Waals surface area contributed by atoms with E-state index in [-0.39, 0.29) is 21.7 Å². The Kier molecular flexibility index (Phi) is 28.9. The number of rotatable bonds is 28. The minimum atomic E-state index is 0.0384. The third-order valence-corrected chi connectivity index (χ3v) is 15.9. The SMILES string of the molecule is C=C1/C=C\C(C(C)(C)C)=C/CC(CCCCCCCC)(CCCCCCCC)c2cc(/C=C/C=C(\N)c3ccc(/C(C)=C/CC(C)(C)C(C)(C)C)c(/C=C(/CCCC)CCCCC)c3N)ccc21.CCC. The van der Waals surface area contributed by atoms with Gasteiger partial charge in [-0.05, 0) is 125 Å². The molecule has 71 heavy (non-hydrogen) atoms. The highest BCUT2D eigenvalue weighted by molar-refractivity contribution is 5.87. The minimum absolute atomic E-state index is 0.0384. The Morgan fingerprint density at radius 1 is 0.676 bits per heavy atom. The molecule has 1 aliphatic carbocycles. The summed E-state index contributed by atoms with van der Waals surface area (Å²) < 4.78 is 0. The highest BCUT2D eigenvalue weighted by Crippen LogP contribution is 2.46. The predicted octanol–water partition coefficient (Wildman–Crippen LogP) is 22.4. The number of nitrogens with two attached hydrogens (primary N) is 2. The number of nitrogen functional groups attached to an aromatic ring is 1. The van der Waals surface area contributed by atoms with Crippen LogP contribution in [0.25, 0.3) is 29.0 Å². The van der Waals surface area contributed by atoms with E-state index in [0.29, 0.717) is 5.70 Å². The molecule has 0 spiro atoms. The minimum Gasteiger partial charge on any atom is -0.398 e. The van der Waals surface area contributed by atoms with E-state index in [2.05, 4.69) is 183 Å². The fourth-order valence-electron chi connectivity index (χ4n) is 9.83. The highest BCUT2D eigenvalue weighted by Gasteiger charge is 2.35. The van der Waals surface area contributed by atoms with Crippen molar-refractivity contribution in [2.75, 3.05) is 5.73 Å². The third kappa shape index (κ3) is 21.3. The number of benzene rings is 2. The molecule has 2 nitrogen and oxygen atoms in total. The van der Waals surface area contributed by atoms with Gasteiger partial charge in [-0.3, -0.25) is 0 Å². The predicted molar refractivity (Wildman–Crippen MR) is 326 cm³/mol. The average molecular weight is 970 g/mol. The molecule has 0 atom stereocenters. The molecular formula is C69H112N2. The Hall–Kier alpha value is -3.78. The summed E-state index contributed by atoms with van der Waals surface area (Å²) in [6.07, 6.45) is 48.3. The molecule has 2 aromatic rings. The van der Waals surface area contributed by atoms with Crippen LogP contribution in [0.2, 0.25) is 0 Å². The van der Waals surface area contributed by atoms with Crippen LogP contribution in [0, 0.1) is 16.2 Å². The summed E-state index contributed by atoms with van der Waals surface area (Å²) in [4.78, 5) is 0. The lowest BCUT2D eigenvalue weighted by atomic mass is 9.67. The number of anilines is 1. The van der Waals surface area contributed by atoms with Crippen LogP contribution in [0.5, 0.6) is 0 Å². The maximum absolute atomic E-state index is 7.30. The van der Waals surface area contributed by atoms with Gasteiger partial charge in [0.25, 0.3) is 0 Å². The molecular weight excluding hydrogens is 857 g/mol. The van der Waals surface area contributed by atoms with Crippen LogP contribution < -0.4 is 11.5 Å². The Balaban J connectivity index is 0.00000561. The number of hydrogen-bond donors (Lipinski definition) is 2. The molecule has 398 valence electrons. The molecule has 0 heterocycles. The Morgan fingerprint density at radius 3 is 1.77 bits per heavy atom. The molecule has 4 N–H and O–H groups in total. The first-order valence-corrected chi connectivity index (χ1v) is 29.3. The summed E-state index contributed by atoms with van der Waals surface area (Å²) >= 11 is 0. The molecule has 1 aliphatic rings. The quantitative estimate of drug-likeness (QED) is 0.0507. The van der Waals surface area contributed by atoms with Gasteiger partial charge in [-0.25, -0.2) is 0 Å². The van der Waals surface area contributed by atoms with Gasteiger partial charge in [-0.15, -0.1) is 0 Å². The monoisotopic (exact) mass is 969 g/mol. The molecule has 0 unspecified atom stereocenters. The normalized spacial score (nSPS) is 16.2. The zero-order valence-corrected chi connectivity index (χ0v) is 49.3.